The summed E-state index contributed by atoms with van der Waals surface area (Å²) < 4.78 is 11.4. The lowest BCUT2D eigenvalue weighted by molar-refractivity contribution is 0.0330. The summed E-state index contributed by atoms with van der Waals surface area (Å²) in [6, 6.07) is 0.343. The molecule has 110 valence electrons. The van der Waals surface area contributed by atoms with Crippen molar-refractivity contribution in [1.29, 1.82) is 0 Å². The van der Waals surface area contributed by atoms with Crippen LogP contribution in [0.4, 0.5) is 5.82 Å². The third-order valence-corrected chi connectivity index (χ3v) is 3.99. The third kappa shape index (κ3) is 2.21. The Balaban J connectivity index is 2.08. The molecule has 0 aliphatic carbocycles. The van der Waals surface area contributed by atoms with E-state index in [-0.39, 0.29) is 24.0 Å². The van der Waals surface area contributed by atoms with E-state index in [0.29, 0.717) is 43.0 Å². The summed E-state index contributed by atoms with van der Waals surface area (Å²) in [5.41, 5.74) is 0.437. The number of rotatable bonds is 2. The SMILES string of the molecule is CC(C)C1COC[C@@H]2COc3c(CO)nc(Cl)nc3N12. The van der Waals surface area contributed by atoms with Crippen LogP contribution in [0.5, 0.6) is 5.75 Å². The standard InChI is InChI=1S/C13H18ClN3O3/c1-7(2)10-6-19-4-8-5-20-11-9(3-18)15-13(14)16-12(11)17(8)10/h7-8,10,18H,3-6H2,1-2H3/t8-,10?/m1/s1. The topological polar surface area (TPSA) is 67.7 Å². The summed E-state index contributed by atoms with van der Waals surface area (Å²) in [7, 11) is 0. The number of aliphatic hydroxyl groups excluding tert-OH is 1. The van der Waals surface area contributed by atoms with Crippen molar-refractivity contribution in [3.05, 3.63) is 11.0 Å². The Kier molecular flexibility index (Phi) is 3.70. The molecule has 1 saturated heterocycles. The van der Waals surface area contributed by atoms with Gasteiger partial charge in [0.15, 0.2) is 11.6 Å². The summed E-state index contributed by atoms with van der Waals surface area (Å²) in [4.78, 5) is 10.6. The number of nitrogens with zero attached hydrogens (tertiary/aromatic N) is 3. The van der Waals surface area contributed by atoms with Gasteiger partial charge in [0.1, 0.15) is 12.3 Å². The zero-order valence-corrected chi connectivity index (χ0v) is 12.3. The molecule has 0 amide bonds. The van der Waals surface area contributed by atoms with Crippen LogP contribution in [0.3, 0.4) is 0 Å². The fraction of sp³-hybridized carbons (Fsp3) is 0.692. The first-order valence-electron chi connectivity index (χ1n) is 6.78. The van der Waals surface area contributed by atoms with Crippen LogP contribution in [0.25, 0.3) is 0 Å². The van der Waals surface area contributed by atoms with Gasteiger partial charge >= 0.3 is 0 Å². The lowest BCUT2D eigenvalue weighted by Crippen LogP contribution is -2.58. The fourth-order valence-electron chi connectivity index (χ4n) is 2.79. The van der Waals surface area contributed by atoms with Gasteiger partial charge in [0.2, 0.25) is 5.28 Å². The van der Waals surface area contributed by atoms with E-state index in [1.165, 1.54) is 0 Å². The van der Waals surface area contributed by atoms with Crippen molar-refractivity contribution in [3.63, 3.8) is 0 Å². The molecule has 0 radical (unpaired) electrons. The zero-order chi connectivity index (χ0) is 14.3. The Hall–Kier alpha value is -1.11. The molecule has 1 N–H and O–H groups in total. The van der Waals surface area contributed by atoms with Crippen LogP contribution < -0.4 is 9.64 Å². The molecule has 2 atom stereocenters. The second-order valence-electron chi connectivity index (χ2n) is 5.47. The molecule has 1 unspecified atom stereocenters. The number of hydrogen-bond acceptors (Lipinski definition) is 6. The number of aliphatic hydroxyl groups is 1. The fourth-order valence-corrected chi connectivity index (χ4v) is 2.97. The Labute approximate surface area is 122 Å². The molecule has 2 aliphatic rings. The quantitative estimate of drug-likeness (QED) is 0.829. The molecular formula is C13H18ClN3O3. The molecule has 6 nitrogen and oxygen atoms in total. The van der Waals surface area contributed by atoms with Crippen molar-refractivity contribution >= 4 is 17.4 Å². The predicted octanol–water partition coefficient (Wildman–Crippen LogP) is 1.24. The van der Waals surface area contributed by atoms with Crippen molar-refractivity contribution < 1.29 is 14.6 Å². The Morgan fingerprint density at radius 3 is 2.85 bits per heavy atom. The van der Waals surface area contributed by atoms with E-state index in [9.17, 15) is 5.11 Å². The van der Waals surface area contributed by atoms with Crippen LogP contribution in [0, 0.1) is 5.92 Å². The number of fused-ring (bicyclic) bond motifs is 3. The highest BCUT2D eigenvalue weighted by molar-refractivity contribution is 6.28. The van der Waals surface area contributed by atoms with Crippen LogP contribution in [0.2, 0.25) is 5.28 Å². The average molecular weight is 300 g/mol. The summed E-state index contributed by atoms with van der Waals surface area (Å²) in [5.74, 6) is 1.63. The van der Waals surface area contributed by atoms with Crippen LogP contribution in [-0.2, 0) is 11.3 Å². The van der Waals surface area contributed by atoms with E-state index in [2.05, 4.69) is 28.7 Å². The maximum Gasteiger partial charge on any atom is 0.224 e. The minimum atomic E-state index is -0.216. The molecule has 3 heterocycles. The van der Waals surface area contributed by atoms with Crippen molar-refractivity contribution in [2.75, 3.05) is 24.7 Å². The van der Waals surface area contributed by atoms with Crippen LogP contribution in [-0.4, -0.2) is 47.0 Å². The third-order valence-electron chi connectivity index (χ3n) is 3.82. The summed E-state index contributed by atoms with van der Waals surface area (Å²) in [5, 5.41) is 9.55. The molecule has 0 aromatic carbocycles. The van der Waals surface area contributed by atoms with Crippen LogP contribution in [0.1, 0.15) is 19.5 Å². The molecule has 0 spiro atoms. The number of hydrogen-bond donors (Lipinski definition) is 1. The van der Waals surface area contributed by atoms with Gasteiger partial charge < -0.3 is 19.5 Å². The van der Waals surface area contributed by atoms with Gasteiger partial charge in [-0.1, -0.05) is 13.8 Å². The summed E-state index contributed by atoms with van der Waals surface area (Å²) in [6.45, 7) is 5.87. The smallest absolute Gasteiger partial charge is 0.224 e. The van der Waals surface area contributed by atoms with Gasteiger partial charge in [-0.2, -0.15) is 4.98 Å². The molecule has 0 bridgehead atoms. The molecule has 7 heteroatoms. The molecule has 1 aromatic rings. The number of ether oxygens (including phenoxy) is 2. The van der Waals surface area contributed by atoms with Gasteiger partial charge in [-0.15, -0.1) is 0 Å². The number of aromatic nitrogens is 2. The summed E-state index contributed by atoms with van der Waals surface area (Å²) in [6.07, 6.45) is 0. The molecule has 1 fully saturated rings. The van der Waals surface area contributed by atoms with Gasteiger partial charge in [-0.05, 0) is 17.5 Å². The molecule has 20 heavy (non-hydrogen) atoms. The first kappa shape index (κ1) is 13.9. The second kappa shape index (κ2) is 5.35. The minimum absolute atomic E-state index is 0.126. The Morgan fingerprint density at radius 2 is 2.15 bits per heavy atom. The number of anilines is 1. The van der Waals surface area contributed by atoms with E-state index >= 15 is 0 Å². The lowest BCUT2D eigenvalue weighted by Gasteiger charge is -2.47. The van der Waals surface area contributed by atoms with Crippen molar-refractivity contribution in [3.8, 4) is 5.75 Å². The molecule has 1 aromatic heterocycles. The van der Waals surface area contributed by atoms with Crippen molar-refractivity contribution in [2.24, 2.45) is 5.92 Å². The largest absolute Gasteiger partial charge is 0.486 e. The van der Waals surface area contributed by atoms with Crippen molar-refractivity contribution in [1.82, 2.24) is 9.97 Å². The van der Waals surface area contributed by atoms with E-state index in [4.69, 9.17) is 21.1 Å². The highest BCUT2D eigenvalue weighted by Gasteiger charge is 2.40. The molecule has 2 aliphatic heterocycles. The second-order valence-corrected chi connectivity index (χ2v) is 5.81. The first-order valence-corrected chi connectivity index (χ1v) is 7.15. The molecular weight excluding hydrogens is 282 g/mol. The van der Waals surface area contributed by atoms with Gasteiger partial charge in [0.05, 0.1) is 31.9 Å². The highest BCUT2D eigenvalue weighted by Crippen LogP contribution is 2.39. The summed E-state index contributed by atoms with van der Waals surface area (Å²) >= 11 is 5.97. The van der Waals surface area contributed by atoms with Gasteiger partial charge in [0, 0.05) is 0 Å². The zero-order valence-electron chi connectivity index (χ0n) is 11.5. The number of morpholine rings is 1. The number of halogens is 1. The van der Waals surface area contributed by atoms with Crippen LogP contribution >= 0.6 is 11.6 Å². The van der Waals surface area contributed by atoms with Crippen LogP contribution in [0.15, 0.2) is 0 Å². The van der Waals surface area contributed by atoms with E-state index in [1.807, 2.05) is 0 Å². The average Bonchev–Trinajstić information content (AvgIpc) is 2.45. The Bertz CT molecular complexity index is 512. The first-order chi connectivity index (χ1) is 9.61. The molecule has 0 saturated carbocycles. The minimum Gasteiger partial charge on any atom is -0.486 e. The molecule has 3 rings (SSSR count). The van der Waals surface area contributed by atoms with Gasteiger partial charge in [-0.25, -0.2) is 4.98 Å². The van der Waals surface area contributed by atoms with Gasteiger partial charge in [-0.3, -0.25) is 0 Å². The van der Waals surface area contributed by atoms with E-state index < -0.39 is 0 Å². The normalized spacial score (nSPS) is 25.1. The lowest BCUT2D eigenvalue weighted by atomic mass is 9.98. The monoisotopic (exact) mass is 299 g/mol. The Morgan fingerprint density at radius 1 is 1.35 bits per heavy atom. The van der Waals surface area contributed by atoms with Crippen molar-refractivity contribution in [2.45, 2.75) is 32.5 Å². The van der Waals surface area contributed by atoms with Gasteiger partial charge in [0.25, 0.3) is 0 Å². The maximum atomic E-state index is 9.42. The maximum absolute atomic E-state index is 9.42. The van der Waals surface area contributed by atoms with E-state index in [1.54, 1.807) is 0 Å². The highest BCUT2D eigenvalue weighted by atomic mass is 35.5. The predicted molar refractivity (Wildman–Crippen MR) is 74.2 cm³/mol. The van der Waals surface area contributed by atoms with E-state index in [0.717, 1.165) is 0 Å².